The summed E-state index contributed by atoms with van der Waals surface area (Å²) in [6.07, 6.45) is 0. The van der Waals surface area contributed by atoms with E-state index in [1.807, 2.05) is 5.43 Å². The first kappa shape index (κ1) is 11.6. The minimum atomic E-state index is -0.603. The average molecular weight is 256 g/mol. The SMILES string of the molecule is NNC(=O)c1cc(CN2C(=O)CSC2=O)on1. The number of imide groups is 1. The van der Waals surface area contributed by atoms with Crippen LogP contribution in [0.15, 0.2) is 10.6 Å². The lowest BCUT2D eigenvalue weighted by molar-refractivity contribution is -0.125. The molecule has 1 aromatic rings. The first-order chi connectivity index (χ1) is 8.11. The van der Waals surface area contributed by atoms with Crippen LogP contribution in [0.25, 0.3) is 0 Å². The fourth-order valence-corrected chi connectivity index (χ4v) is 1.98. The molecule has 0 spiro atoms. The average Bonchev–Trinajstić information content (AvgIpc) is 2.90. The van der Waals surface area contributed by atoms with Crippen molar-refractivity contribution in [3.8, 4) is 0 Å². The molecule has 0 aromatic carbocycles. The van der Waals surface area contributed by atoms with Gasteiger partial charge in [0.15, 0.2) is 11.5 Å². The van der Waals surface area contributed by atoms with Crippen LogP contribution in [0.1, 0.15) is 16.2 Å². The van der Waals surface area contributed by atoms with Crippen LogP contribution in [-0.4, -0.2) is 32.9 Å². The van der Waals surface area contributed by atoms with Crippen LogP contribution in [0.3, 0.4) is 0 Å². The van der Waals surface area contributed by atoms with Gasteiger partial charge >= 0.3 is 0 Å². The van der Waals surface area contributed by atoms with Gasteiger partial charge in [0, 0.05) is 6.07 Å². The first-order valence-electron chi connectivity index (χ1n) is 4.55. The van der Waals surface area contributed by atoms with E-state index >= 15 is 0 Å². The van der Waals surface area contributed by atoms with Crippen molar-refractivity contribution >= 4 is 28.8 Å². The van der Waals surface area contributed by atoms with Crippen molar-refractivity contribution in [3.63, 3.8) is 0 Å². The van der Waals surface area contributed by atoms with Crippen molar-refractivity contribution < 1.29 is 18.9 Å². The molecule has 1 saturated heterocycles. The van der Waals surface area contributed by atoms with Crippen molar-refractivity contribution in [1.82, 2.24) is 15.5 Å². The summed E-state index contributed by atoms with van der Waals surface area (Å²) in [5, 5.41) is 3.12. The second-order valence-corrected chi connectivity index (χ2v) is 4.11. The molecule has 1 aliphatic heterocycles. The van der Waals surface area contributed by atoms with Gasteiger partial charge in [0.1, 0.15) is 0 Å². The van der Waals surface area contributed by atoms with Crippen LogP contribution in [-0.2, 0) is 11.3 Å². The zero-order valence-electron chi connectivity index (χ0n) is 8.50. The summed E-state index contributed by atoms with van der Waals surface area (Å²) in [6.45, 7) is -0.0322. The van der Waals surface area contributed by atoms with E-state index in [4.69, 9.17) is 10.4 Å². The number of carbonyl (C=O) groups excluding carboxylic acids is 3. The Kier molecular flexibility index (Phi) is 3.11. The molecule has 17 heavy (non-hydrogen) atoms. The Morgan fingerprint density at radius 2 is 2.41 bits per heavy atom. The third-order valence-electron chi connectivity index (χ3n) is 2.08. The smallest absolute Gasteiger partial charge is 0.289 e. The van der Waals surface area contributed by atoms with Crippen molar-refractivity contribution in [3.05, 3.63) is 17.5 Å². The second-order valence-electron chi connectivity index (χ2n) is 3.19. The van der Waals surface area contributed by atoms with Crippen LogP contribution in [0.5, 0.6) is 0 Å². The van der Waals surface area contributed by atoms with E-state index in [0.29, 0.717) is 0 Å². The van der Waals surface area contributed by atoms with Gasteiger partial charge in [-0.25, -0.2) is 5.84 Å². The molecule has 0 aliphatic carbocycles. The molecule has 1 aliphatic rings. The summed E-state index contributed by atoms with van der Waals surface area (Å²) in [4.78, 5) is 34.7. The van der Waals surface area contributed by atoms with Gasteiger partial charge in [0.2, 0.25) is 5.91 Å². The van der Waals surface area contributed by atoms with Crippen LogP contribution in [0.4, 0.5) is 4.79 Å². The maximum absolute atomic E-state index is 11.3. The van der Waals surface area contributed by atoms with E-state index < -0.39 is 5.91 Å². The molecular weight excluding hydrogens is 248 g/mol. The number of carbonyl (C=O) groups is 3. The summed E-state index contributed by atoms with van der Waals surface area (Å²) >= 11 is 0.926. The van der Waals surface area contributed by atoms with Gasteiger partial charge in [-0.05, 0) is 0 Å². The summed E-state index contributed by atoms with van der Waals surface area (Å²) in [7, 11) is 0. The fourth-order valence-electron chi connectivity index (χ4n) is 1.26. The molecule has 8 nitrogen and oxygen atoms in total. The van der Waals surface area contributed by atoms with E-state index in [1.54, 1.807) is 0 Å². The highest BCUT2D eigenvalue weighted by atomic mass is 32.2. The number of hydrogen-bond donors (Lipinski definition) is 2. The minimum Gasteiger partial charge on any atom is -0.359 e. The normalized spacial score (nSPS) is 15.5. The van der Waals surface area contributed by atoms with E-state index in [1.165, 1.54) is 6.07 Å². The highest BCUT2D eigenvalue weighted by Gasteiger charge is 2.31. The van der Waals surface area contributed by atoms with Gasteiger partial charge in [0.05, 0.1) is 12.3 Å². The van der Waals surface area contributed by atoms with Gasteiger partial charge in [-0.3, -0.25) is 24.7 Å². The number of rotatable bonds is 3. The number of nitrogens with two attached hydrogens (primary N) is 1. The molecule has 0 saturated carbocycles. The third kappa shape index (κ3) is 2.29. The number of hydrogen-bond acceptors (Lipinski definition) is 7. The maximum atomic E-state index is 11.3. The van der Waals surface area contributed by atoms with Crippen LogP contribution < -0.4 is 11.3 Å². The Labute approximate surface area is 99.4 Å². The molecule has 3 N–H and O–H groups in total. The van der Waals surface area contributed by atoms with Gasteiger partial charge in [0.25, 0.3) is 11.1 Å². The first-order valence-corrected chi connectivity index (χ1v) is 5.54. The summed E-state index contributed by atoms with van der Waals surface area (Å²) in [6, 6.07) is 1.33. The molecule has 1 fully saturated rings. The number of nitrogens with one attached hydrogen (secondary N) is 1. The second kappa shape index (κ2) is 4.55. The minimum absolute atomic E-state index is 0.00533. The molecule has 0 radical (unpaired) electrons. The standard InChI is InChI=1S/C8H8N4O4S/c9-10-7(14)5-1-4(16-11-5)2-12-6(13)3-17-8(12)15/h1H,2-3,9H2,(H,10,14). The van der Waals surface area contributed by atoms with E-state index in [2.05, 4.69) is 5.16 Å². The zero-order chi connectivity index (χ0) is 12.4. The van der Waals surface area contributed by atoms with Crippen LogP contribution in [0, 0.1) is 0 Å². The van der Waals surface area contributed by atoms with Crippen LogP contribution in [0.2, 0.25) is 0 Å². The van der Waals surface area contributed by atoms with Gasteiger partial charge in [-0.15, -0.1) is 0 Å². The Bertz CT molecular complexity index is 470. The number of amides is 3. The predicted octanol–water partition coefficient (Wildman–Crippen LogP) is -0.527. The van der Waals surface area contributed by atoms with Crippen LogP contribution >= 0.6 is 11.8 Å². The molecular formula is C8H8N4O4S. The Morgan fingerprint density at radius 3 is 3.00 bits per heavy atom. The quantitative estimate of drug-likeness (QED) is 0.424. The number of hydrazine groups is 1. The maximum Gasteiger partial charge on any atom is 0.289 e. The van der Waals surface area contributed by atoms with Crippen molar-refractivity contribution in [2.24, 2.45) is 5.84 Å². The molecule has 0 unspecified atom stereocenters. The highest BCUT2D eigenvalue weighted by molar-refractivity contribution is 8.14. The van der Waals surface area contributed by atoms with E-state index in [0.717, 1.165) is 16.7 Å². The van der Waals surface area contributed by atoms with Crippen molar-refractivity contribution in [2.45, 2.75) is 6.54 Å². The topological polar surface area (TPSA) is 119 Å². The highest BCUT2D eigenvalue weighted by Crippen LogP contribution is 2.21. The Morgan fingerprint density at radius 1 is 1.65 bits per heavy atom. The number of nitrogens with zero attached hydrogens (tertiary/aromatic N) is 2. The van der Waals surface area contributed by atoms with Gasteiger partial charge in [-0.2, -0.15) is 0 Å². The fraction of sp³-hybridized carbons (Fsp3) is 0.250. The molecule has 0 atom stereocenters. The van der Waals surface area contributed by atoms with E-state index in [-0.39, 0.29) is 34.9 Å². The van der Waals surface area contributed by atoms with Gasteiger partial charge < -0.3 is 4.52 Å². The molecule has 1 aromatic heterocycles. The van der Waals surface area contributed by atoms with E-state index in [9.17, 15) is 14.4 Å². The Balaban J connectivity index is 2.09. The molecule has 3 amide bonds. The predicted molar refractivity (Wildman–Crippen MR) is 56.6 cm³/mol. The lowest BCUT2D eigenvalue weighted by Gasteiger charge is -2.08. The van der Waals surface area contributed by atoms with Crippen molar-refractivity contribution in [1.29, 1.82) is 0 Å². The molecule has 2 heterocycles. The largest absolute Gasteiger partial charge is 0.359 e. The molecule has 2 rings (SSSR count). The summed E-state index contributed by atoms with van der Waals surface area (Å²) in [5.74, 6) is 4.40. The molecule has 90 valence electrons. The van der Waals surface area contributed by atoms with Gasteiger partial charge in [-0.1, -0.05) is 16.9 Å². The lowest BCUT2D eigenvalue weighted by atomic mass is 10.3. The summed E-state index contributed by atoms with van der Waals surface area (Å²) in [5.41, 5.74) is 1.89. The molecule has 9 heteroatoms. The monoisotopic (exact) mass is 256 g/mol. The third-order valence-corrected chi connectivity index (χ3v) is 2.94. The molecule has 0 bridgehead atoms. The number of thioether (sulfide) groups is 1. The number of aromatic nitrogens is 1. The van der Waals surface area contributed by atoms with Crippen molar-refractivity contribution in [2.75, 3.05) is 5.75 Å². The summed E-state index contributed by atoms with van der Waals surface area (Å²) < 4.78 is 4.82. The lowest BCUT2D eigenvalue weighted by Crippen LogP contribution is -2.30. The zero-order valence-corrected chi connectivity index (χ0v) is 9.32. The number of nitrogen functional groups attached to an aromatic ring is 1. The Hall–Kier alpha value is -1.87.